The van der Waals surface area contributed by atoms with Crippen molar-refractivity contribution in [3.8, 4) is 0 Å². The Labute approximate surface area is 204 Å². The molecule has 0 aromatic rings. The van der Waals surface area contributed by atoms with Crippen LogP contribution in [0.25, 0.3) is 0 Å². The van der Waals surface area contributed by atoms with E-state index in [4.69, 9.17) is 11.5 Å². The van der Waals surface area contributed by atoms with E-state index in [-0.39, 0.29) is 31.2 Å². The van der Waals surface area contributed by atoms with E-state index in [2.05, 4.69) is 21.3 Å². The Morgan fingerprint density at radius 2 is 1.65 bits per heavy atom. The molecule has 0 aromatic heterocycles. The molecular formula is C21H38N6O6S. The van der Waals surface area contributed by atoms with Crippen molar-refractivity contribution in [2.45, 2.75) is 75.5 Å². The van der Waals surface area contributed by atoms with E-state index in [1.165, 1.54) is 11.8 Å². The number of hydrogen-bond acceptors (Lipinski definition) is 8. The molecule has 13 heteroatoms. The summed E-state index contributed by atoms with van der Waals surface area (Å²) in [5.41, 5.74) is 10.6. The predicted molar refractivity (Wildman–Crippen MR) is 129 cm³/mol. The molecule has 1 aliphatic heterocycles. The number of carbonyl (C=O) groups is 5. The molecule has 4 atom stereocenters. The van der Waals surface area contributed by atoms with Gasteiger partial charge in [-0.25, -0.2) is 4.79 Å². The highest BCUT2D eigenvalue weighted by Gasteiger charge is 2.31. The molecule has 0 radical (unpaired) electrons. The number of carboxylic acid groups (broad SMARTS) is 1. The zero-order valence-corrected chi connectivity index (χ0v) is 20.5. The lowest BCUT2D eigenvalue weighted by Gasteiger charge is -2.25. The Morgan fingerprint density at radius 3 is 2.18 bits per heavy atom. The Hall–Kier alpha value is -2.38. The first kappa shape index (κ1) is 29.7. The maximum Gasteiger partial charge on any atom is 0.326 e. The first-order valence-corrected chi connectivity index (χ1v) is 12.9. The van der Waals surface area contributed by atoms with Crippen LogP contribution >= 0.6 is 11.8 Å². The molecule has 0 aliphatic carbocycles. The van der Waals surface area contributed by atoms with Gasteiger partial charge < -0.3 is 37.8 Å². The van der Waals surface area contributed by atoms with Crippen LogP contribution in [-0.2, 0) is 24.0 Å². The van der Waals surface area contributed by atoms with Crippen molar-refractivity contribution in [1.29, 1.82) is 0 Å². The van der Waals surface area contributed by atoms with Crippen molar-refractivity contribution in [3.63, 3.8) is 0 Å². The summed E-state index contributed by atoms with van der Waals surface area (Å²) in [6.45, 7) is 1.14. The van der Waals surface area contributed by atoms with Gasteiger partial charge in [-0.3, -0.25) is 19.2 Å². The van der Waals surface area contributed by atoms with Gasteiger partial charge in [0.05, 0.1) is 6.04 Å². The highest BCUT2D eigenvalue weighted by atomic mass is 32.2. The number of nitrogens with one attached hydrogen (secondary N) is 4. The van der Waals surface area contributed by atoms with Crippen LogP contribution in [-0.4, -0.2) is 84.0 Å². The lowest BCUT2D eigenvalue weighted by molar-refractivity contribution is -0.142. The van der Waals surface area contributed by atoms with Crippen LogP contribution in [0.2, 0.25) is 0 Å². The Balaban J connectivity index is 2.89. The number of carboxylic acids is 1. The number of amides is 4. The van der Waals surface area contributed by atoms with Crippen molar-refractivity contribution in [2.24, 2.45) is 11.5 Å². The van der Waals surface area contributed by atoms with Gasteiger partial charge in [0, 0.05) is 6.42 Å². The summed E-state index contributed by atoms with van der Waals surface area (Å²) >= 11 is 1.53. The van der Waals surface area contributed by atoms with Gasteiger partial charge in [0.2, 0.25) is 23.6 Å². The summed E-state index contributed by atoms with van der Waals surface area (Å²) in [5.74, 6) is -2.84. The number of carbonyl (C=O) groups excluding carboxylic acids is 4. The summed E-state index contributed by atoms with van der Waals surface area (Å²) in [6.07, 6.45) is 4.84. The van der Waals surface area contributed by atoms with Crippen LogP contribution < -0.4 is 32.7 Å². The molecule has 9 N–H and O–H groups in total. The monoisotopic (exact) mass is 502 g/mol. The minimum absolute atomic E-state index is 0.166. The second-order valence-corrected chi connectivity index (χ2v) is 9.23. The molecule has 1 aliphatic rings. The molecule has 0 saturated carbocycles. The van der Waals surface area contributed by atoms with E-state index in [0.717, 1.165) is 13.0 Å². The second-order valence-electron chi connectivity index (χ2n) is 8.24. The Morgan fingerprint density at radius 1 is 1.00 bits per heavy atom. The summed E-state index contributed by atoms with van der Waals surface area (Å²) in [6, 6.07) is -3.53. The SMILES string of the molecule is CSCCC(NC(=O)C1CCCN1)C(=O)NC(CCCCN)C(=O)NC(CCC(N)=O)C(=O)O. The fourth-order valence-electron chi connectivity index (χ4n) is 3.54. The number of aliphatic carboxylic acids is 1. The molecule has 1 saturated heterocycles. The van der Waals surface area contributed by atoms with Crippen LogP contribution in [0.15, 0.2) is 0 Å². The summed E-state index contributed by atoms with van der Waals surface area (Å²) < 4.78 is 0. The molecule has 1 heterocycles. The van der Waals surface area contributed by atoms with E-state index >= 15 is 0 Å². The van der Waals surface area contributed by atoms with Gasteiger partial charge in [-0.05, 0) is 70.0 Å². The summed E-state index contributed by atoms with van der Waals surface area (Å²) in [5, 5.41) is 20.3. The molecule has 0 bridgehead atoms. The molecule has 0 aromatic carbocycles. The molecule has 0 spiro atoms. The van der Waals surface area contributed by atoms with E-state index < -0.39 is 41.8 Å². The first-order chi connectivity index (χ1) is 16.2. The van der Waals surface area contributed by atoms with E-state index in [9.17, 15) is 29.1 Å². The van der Waals surface area contributed by atoms with Crippen molar-refractivity contribution >= 4 is 41.4 Å². The fraction of sp³-hybridized carbons (Fsp3) is 0.762. The summed E-state index contributed by atoms with van der Waals surface area (Å²) in [4.78, 5) is 61.0. The quantitative estimate of drug-likeness (QED) is 0.114. The first-order valence-electron chi connectivity index (χ1n) is 11.5. The van der Waals surface area contributed by atoms with Crippen molar-refractivity contribution in [3.05, 3.63) is 0 Å². The van der Waals surface area contributed by atoms with Gasteiger partial charge in [0.15, 0.2) is 0 Å². The molecule has 194 valence electrons. The molecular weight excluding hydrogens is 464 g/mol. The molecule has 34 heavy (non-hydrogen) atoms. The lowest BCUT2D eigenvalue weighted by Crippen LogP contribution is -2.57. The zero-order chi connectivity index (χ0) is 25.5. The van der Waals surface area contributed by atoms with Gasteiger partial charge in [-0.2, -0.15) is 11.8 Å². The van der Waals surface area contributed by atoms with Crippen LogP contribution in [0, 0.1) is 0 Å². The van der Waals surface area contributed by atoms with Gasteiger partial charge in [-0.1, -0.05) is 0 Å². The lowest BCUT2D eigenvalue weighted by atomic mass is 10.1. The fourth-order valence-corrected chi connectivity index (χ4v) is 4.01. The Bertz CT molecular complexity index is 703. The molecule has 4 amide bonds. The average molecular weight is 503 g/mol. The average Bonchev–Trinajstić information content (AvgIpc) is 3.33. The number of thioether (sulfide) groups is 1. The Kier molecular flexibility index (Phi) is 14.2. The minimum atomic E-state index is -1.32. The van der Waals surface area contributed by atoms with Crippen molar-refractivity contribution in [1.82, 2.24) is 21.3 Å². The smallest absolute Gasteiger partial charge is 0.326 e. The number of nitrogens with two attached hydrogens (primary N) is 2. The third-order valence-electron chi connectivity index (χ3n) is 5.49. The zero-order valence-electron chi connectivity index (χ0n) is 19.6. The maximum atomic E-state index is 13.0. The van der Waals surface area contributed by atoms with Gasteiger partial charge in [0.25, 0.3) is 0 Å². The van der Waals surface area contributed by atoms with Crippen LogP contribution in [0.5, 0.6) is 0 Å². The van der Waals surface area contributed by atoms with Gasteiger partial charge in [-0.15, -0.1) is 0 Å². The third-order valence-corrected chi connectivity index (χ3v) is 6.14. The normalized spacial score (nSPS) is 17.9. The van der Waals surface area contributed by atoms with Crippen molar-refractivity contribution in [2.75, 3.05) is 25.1 Å². The number of unbranched alkanes of at least 4 members (excludes halogenated alkanes) is 1. The highest BCUT2D eigenvalue weighted by molar-refractivity contribution is 7.98. The second kappa shape index (κ2) is 16.3. The molecule has 4 unspecified atom stereocenters. The van der Waals surface area contributed by atoms with E-state index in [1.807, 2.05) is 6.26 Å². The van der Waals surface area contributed by atoms with Crippen LogP contribution in [0.3, 0.4) is 0 Å². The van der Waals surface area contributed by atoms with Crippen LogP contribution in [0.4, 0.5) is 0 Å². The summed E-state index contributed by atoms with van der Waals surface area (Å²) in [7, 11) is 0. The van der Waals surface area contributed by atoms with Crippen molar-refractivity contribution < 1.29 is 29.1 Å². The van der Waals surface area contributed by atoms with E-state index in [0.29, 0.717) is 38.0 Å². The number of hydrogen-bond donors (Lipinski definition) is 7. The molecule has 12 nitrogen and oxygen atoms in total. The standard InChI is InChI=1S/C21H38N6O6S/c1-34-12-9-15(26-18(29)13-6-4-11-24-13)20(31)25-14(5-2-3-10-22)19(30)27-16(21(32)33)7-8-17(23)28/h13-16,24H,2-12,22H2,1H3,(H2,23,28)(H,25,31)(H,26,29)(H,27,30)(H,32,33). The minimum Gasteiger partial charge on any atom is -0.480 e. The predicted octanol–water partition coefficient (Wildman–Crippen LogP) is -1.57. The molecule has 1 fully saturated rings. The van der Waals surface area contributed by atoms with E-state index in [1.54, 1.807) is 0 Å². The number of primary amides is 1. The van der Waals surface area contributed by atoms with Gasteiger partial charge >= 0.3 is 5.97 Å². The number of rotatable bonds is 17. The molecule has 1 rings (SSSR count). The topological polar surface area (TPSA) is 206 Å². The highest BCUT2D eigenvalue weighted by Crippen LogP contribution is 2.09. The van der Waals surface area contributed by atoms with Crippen LogP contribution in [0.1, 0.15) is 51.4 Å². The van der Waals surface area contributed by atoms with Gasteiger partial charge in [0.1, 0.15) is 18.1 Å². The maximum absolute atomic E-state index is 13.0. The third kappa shape index (κ3) is 11.2. The largest absolute Gasteiger partial charge is 0.480 e.